The monoisotopic (exact) mass is 363 g/mol. The van der Waals surface area contributed by atoms with E-state index in [2.05, 4.69) is 0 Å². The summed E-state index contributed by atoms with van der Waals surface area (Å²) in [7, 11) is -6.85. The Bertz CT molecular complexity index is 721. The maximum absolute atomic E-state index is 12.9. The maximum atomic E-state index is 12.9. The standard InChI is InChI=1S/C15H22FNO4S2/c1-2-3-12-22(18,19)17-10-8-15(9-11-17)23(20,21)14-6-4-13(16)5-7-14/h4-7,15H,2-3,8-12H2,1H3. The van der Waals surface area contributed by atoms with E-state index in [9.17, 15) is 21.2 Å². The molecule has 130 valence electrons. The summed E-state index contributed by atoms with van der Waals surface area (Å²) in [5, 5.41) is -0.620. The molecule has 1 fully saturated rings. The molecule has 0 saturated carbocycles. The third-order valence-corrected chi connectivity index (χ3v) is 8.37. The number of rotatable bonds is 6. The molecule has 0 amide bonds. The SMILES string of the molecule is CCCCS(=O)(=O)N1CCC(S(=O)(=O)c2ccc(F)cc2)CC1. The third-order valence-electron chi connectivity index (χ3n) is 4.13. The molecule has 23 heavy (non-hydrogen) atoms. The van der Waals surface area contributed by atoms with Gasteiger partial charge in [0.25, 0.3) is 0 Å². The largest absolute Gasteiger partial charge is 0.223 e. The lowest BCUT2D eigenvalue weighted by atomic mass is 10.2. The highest BCUT2D eigenvalue weighted by Gasteiger charge is 2.34. The van der Waals surface area contributed by atoms with Crippen molar-refractivity contribution >= 4 is 19.9 Å². The molecule has 1 aromatic carbocycles. The fraction of sp³-hybridized carbons (Fsp3) is 0.600. The lowest BCUT2D eigenvalue weighted by Crippen LogP contribution is -2.43. The van der Waals surface area contributed by atoms with Crippen LogP contribution in [0.2, 0.25) is 0 Å². The fourth-order valence-electron chi connectivity index (χ4n) is 2.69. The summed E-state index contributed by atoms with van der Waals surface area (Å²) in [4.78, 5) is 0.0891. The molecular weight excluding hydrogens is 341 g/mol. The third kappa shape index (κ3) is 4.30. The summed E-state index contributed by atoms with van der Waals surface area (Å²) in [6.45, 7) is 2.37. The summed E-state index contributed by atoms with van der Waals surface area (Å²) in [5.74, 6) is -0.375. The van der Waals surface area contributed by atoms with Crippen LogP contribution in [0.15, 0.2) is 29.2 Å². The Labute approximate surface area is 137 Å². The smallest absolute Gasteiger partial charge is 0.214 e. The molecule has 5 nitrogen and oxygen atoms in total. The number of sulfone groups is 1. The molecule has 0 aliphatic carbocycles. The first kappa shape index (κ1) is 18.4. The highest BCUT2D eigenvalue weighted by Crippen LogP contribution is 2.26. The lowest BCUT2D eigenvalue weighted by Gasteiger charge is -2.31. The van der Waals surface area contributed by atoms with E-state index in [1.54, 1.807) is 0 Å². The van der Waals surface area contributed by atoms with Crippen LogP contribution in [0.1, 0.15) is 32.6 Å². The van der Waals surface area contributed by atoms with Gasteiger partial charge < -0.3 is 0 Å². The number of hydrogen-bond acceptors (Lipinski definition) is 4. The highest BCUT2D eigenvalue weighted by molar-refractivity contribution is 7.92. The van der Waals surface area contributed by atoms with Crippen molar-refractivity contribution in [2.45, 2.75) is 42.8 Å². The molecule has 1 heterocycles. The second-order valence-corrected chi connectivity index (χ2v) is 10.1. The van der Waals surface area contributed by atoms with E-state index in [1.165, 1.54) is 16.4 Å². The molecule has 0 aromatic heterocycles. The molecule has 0 N–H and O–H groups in total. The Hall–Kier alpha value is -0.990. The molecule has 0 radical (unpaired) electrons. The van der Waals surface area contributed by atoms with E-state index in [-0.39, 0.29) is 36.6 Å². The number of nitrogens with zero attached hydrogens (tertiary/aromatic N) is 1. The van der Waals surface area contributed by atoms with Gasteiger partial charge >= 0.3 is 0 Å². The Morgan fingerprint density at radius 1 is 1.09 bits per heavy atom. The van der Waals surface area contributed by atoms with Crippen LogP contribution in [0, 0.1) is 5.82 Å². The van der Waals surface area contributed by atoms with Crippen LogP contribution < -0.4 is 0 Å². The van der Waals surface area contributed by atoms with Gasteiger partial charge in [-0.25, -0.2) is 25.5 Å². The average Bonchev–Trinajstić information content (AvgIpc) is 2.53. The van der Waals surface area contributed by atoms with Crippen LogP contribution in [0.25, 0.3) is 0 Å². The van der Waals surface area contributed by atoms with E-state index in [0.717, 1.165) is 18.6 Å². The average molecular weight is 363 g/mol. The molecule has 0 bridgehead atoms. The van der Waals surface area contributed by atoms with Crippen LogP contribution in [-0.4, -0.2) is 45.2 Å². The van der Waals surface area contributed by atoms with Crippen molar-refractivity contribution in [3.8, 4) is 0 Å². The normalized spacial score (nSPS) is 18.2. The highest BCUT2D eigenvalue weighted by atomic mass is 32.2. The topological polar surface area (TPSA) is 71.5 Å². The Morgan fingerprint density at radius 2 is 1.65 bits per heavy atom. The van der Waals surface area contributed by atoms with Crippen LogP contribution >= 0.6 is 0 Å². The predicted octanol–water partition coefficient (Wildman–Crippen LogP) is 2.19. The van der Waals surface area contributed by atoms with Crippen molar-refractivity contribution in [3.63, 3.8) is 0 Å². The number of benzene rings is 1. The first-order valence-electron chi connectivity index (χ1n) is 7.74. The minimum Gasteiger partial charge on any atom is -0.223 e. The van der Waals surface area contributed by atoms with Gasteiger partial charge in [0, 0.05) is 13.1 Å². The van der Waals surface area contributed by atoms with Gasteiger partial charge in [0.15, 0.2) is 9.84 Å². The van der Waals surface area contributed by atoms with Gasteiger partial charge in [-0.1, -0.05) is 13.3 Å². The van der Waals surface area contributed by atoms with Crippen LogP contribution in [-0.2, 0) is 19.9 Å². The van der Waals surface area contributed by atoms with Crippen molar-refractivity contribution in [3.05, 3.63) is 30.1 Å². The minimum absolute atomic E-state index is 0.0891. The molecular formula is C15H22FNO4S2. The zero-order chi connectivity index (χ0) is 17.1. The first-order valence-corrected chi connectivity index (χ1v) is 10.9. The van der Waals surface area contributed by atoms with Crippen LogP contribution in [0.4, 0.5) is 4.39 Å². The second-order valence-electron chi connectivity index (χ2n) is 5.77. The lowest BCUT2D eigenvalue weighted by molar-refractivity contribution is 0.345. The van der Waals surface area contributed by atoms with Crippen LogP contribution in [0.3, 0.4) is 0 Å². The van der Waals surface area contributed by atoms with Crippen molar-refractivity contribution in [2.75, 3.05) is 18.8 Å². The first-order chi connectivity index (χ1) is 10.8. The summed E-state index contributed by atoms with van der Waals surface area (Å²) in [6, 6.07) is 4.76. The molecule has 0 unspecified atom stereocenters. The van der Waals surface area contributed by atoms with Gasteiger partial charge in [-0.3, -0.25) is 0 Å². The van der Waals surface area contributed by atoms with Crippen molar-refractivity contribution < 1.29 is 21.2 Å². The number of sulfonamides is 1. The molecule has 1 saturated heterocycles. The van der Waals surface area contributed by atoms with Gasteiger partial charge in [0.1, 0.15) is 5.82 Å². The number of unbranched alkanes of at least 4 members (excludes halogenated alkanes) is 1. The minimum atomic E-state index is -3.55. The Kier molecular flexibility index (Phi) is 5.80. The van der Waals surface area contributed by atoms with E-state index in [4.69, 9.17) is 0 Å². The van der Waals surface area contributed by atoms with E-state index in [0.29, 0.717) is 6.42 Å². The van der Waals surface area contributed by atoms with E-state index < -0.39 is 30.9 Å². The molecule has 0 atom stereocenters. The number of piperidine rings is 1. The van der Waals surface area contributed by atoms with Gasteiger partial charge in [0.05, 0.1) is 15.9 Å². The zero-order valence-electron chi connectivity index (χ0n) is 13.1. The van der Waals surface area contributed by atoms with Crippen molar-refractivity contribution in [1.29, 1.82) is 0 Å². The number of hydrogen-bond donors (Lipinski definition) is 0. The Morgan fingerprint density at radius 3 is 2.17 bits per heavy atom. The van der Waals surface area contributed by atoms with Gasteiger partial charge in [-0.05, 0) is 43.5 Å². The van der Waals surface area contributed by atoms with Gasteiger partial charge in [0.2, 0.25) is 10.0 Å². The van der Waals surface area contributed by atoms with Crippen LogP contribution in [0.5, 0.6) is 0 Å². The van der Waals surface area contributed by atoms with Crippen molar-refractivity contribution in [1.82, 2.24) is 4.31 Å². The summed E-state index contributed by atoms with van der Waals surface area (Å²) < 4.78 is 63.7. The molecule has 8 heteroatoms. The molecule has 1 aromatic rings. The van der Waals surface area contributed by atoms with Gasteiger partial charge in [-0.2, -0.15) is 0 Å². The molecule has 1 aliphatic heterocycles. The summed E-state index contributed by atoms with van der Waals surface area (Å²) in [6.07, 6.45) is 1.95. The Balaban J connectivity index is 2.05. The summed E-state index contributed by atoms with van der Waals surface area (Å²) >= 11 is 0. The molecule has 2 rings (SSSR count). The maximum Gasteiger partial charge on any atom is 0.214 e. The molecule has 1 aliphatic rings. The molecule has 0 spiro atoms. The summed E-state index contributed by atoms with van der Waals surface area (Å²) in [5.41, 5.74) is 0. The zero-order valence-corrected chi connectivity index (χ0v) is 14.7. The van der Waals surface area contributed by atoms with Crippen molar-refractivity contribution in [2.24, 2.45) is 0 Å². The van der Waals surface area contributed by atoms with E-state index in [1.807, 2.05) is 6.92 Å². The van der Waals surface area contributed by atoms with Gasteiger partial charge in [-0.15, -0.1) is 0 Å². The second kappa shape index (κ2) is 7.27. The quantitative estimate of drug-likeness (QED) is 0.727. The predicted molar refractivity (Wildman–Crippen MR) is 86.9 cm³/mol. The fourth-order valence-corrected chi connectivity index (χ4v) is 6.10. The van der Waals surface area contributed by atoms with E-state index >= 15 is 0 Å². The number of halogens is 1.